The van der Waals surface area contributed by atoms with Crippen molar-refractivity contribution in [1.82, 2.24) is 10.2 Å². The Bertz CT molecular complexity index is 866. The number of carbonyl (C=O) groups excluding carboxylic acids is 1. The van der Waals surface area contributed by atoms with Crippen LogP contribution in [0.5, 0.6) is 0 Å². The lowest BCUT2D eigenvalue weighted by Crippen LogP contribution is -2.41. The van der Waals surface area contributed by atoms with E-state index in [1.165, 1.54) is 0 Å². The van der Waals surface area contributed by atoms with Gasteiger partial charge in [-0.1, -0.05) is 48.5 Å². The number of nitrogens with zero attached hydrogens (tertiary/aromatic N) is 1. The van der Waals surface area contributed by atoms with Crippen LogP contribution < -0.4 is 16.0 Å². The van der Waals surface area contributed by atoms with Crippen LogP contribution in [-0.2, 0) is 9.53 Å². The van der Waals surface area contributed by atoms with Gasteiger partial charge >= 0.3 is 12.1 Å². The largest absolute Gasteiger partial charge is 0.480 e. The summed E-state index contributed by atoms with van der Waals surface area (Å²) >= 11 is 0. The quantitative estimate of drug-likeness (QED) is 0.255. The molecule has 6 N–H and O–H groups in total. The number of amides is 1. The summed E-state index contributed by atoms with van der Waals surface area (Å²) in [6.07, 6.45) is 0.973. The lowest BCUT2D eigenvalue weighted by Gasteiger charge is -2.17. The number of nitrogens with two attached hydrogens (primary N) is 1. The van der Waals surface area contributed by atoms with E-state index in [2.05, 4.69) is 17.4 Å². The zero-order valence-electron chi connectivity index (χ0n) is 16.5. The maximum atomic E-state index is 12.1. The Morgan fingerprint density at radius 3 is 2.10 bits per heavy atom. The molecule has 1 aliphatic rings. The van der Waals surface area contributed by atoms with E-state index < -0.39 is 18.1 Å². The van der Waals surface area contributed by atoms with Crippen LogP contribution >= 0.6 is 0 Å². The molecule has 0 aliphatic heterocycles. The topological polar surface area (TPSA) is 163 Å². The predicted octanol–water partition coefficient (Wildman–Crippen LogP) is 3.22. The number of carbonyl (C=O) groups is 2. The second-order valence-electron chi connectivity index (χ2n) is 6.76. The van der Waals surface area contributed by atoms with Crippen LogP contribution in [0.25, 0.3) is 11.1 Å². The van der Waals surface area contributed by atoms with Gasteiger partial charge < -0.3 is 20.9 Å². The molecule has 2 aromatic carbocycles. The van der Waals surface area contributed by atoms with Crippen LogP contribution in [-0.4, -0.2) is 36.4 Å². The zero-order chi connectivity index (χ0) is 21.9. The third kappa shape index (κ3) is 5.73. The number of ether oxygens (including phenoxy) is 1. The lowest BCUT2D eigenvalue weighted by molar-refractivity contribution is -0.139. The number of rotatable bonds is 8. The van der Waals surface area contributed by atoms with Gasteiger partial charge in [-0.15, -0.1) is 0 Å². The molecule has 1 atom stereocenters. The van der Waals surface area contributed by atoms with Gasteiger partial charge in [-0.25, -0.2) is 9.59 Å². The number of fused-ring (bicyclic) bond motifs is 3. The molecule has 1 unspecified atom stereocenters. The van der Waals surface area contributed by atoms with Gasteiger partial charge in [0.1, 0.15) is 23.7 Å². The highest BCUT2D eigenvalue weighted by Crippen LogP contribution is 2.44. The van der Waals surface area contributed by atoms with Crippen molar-refractivity contribution in [1.29, 1.82) is 11.1 Å². The number of carboxylic acids is 1. The molecule has 0 spiro atoms. The highest BCUT2D eigenvalue weighted by molar-refractivity contribution is 5.81. The van der Waals surface area contributed by atoms with E-state index in [-0.39, 0.29) is 12.5 Å². The SMILES string of the molecule is N=[N+]=N.NCCCCC(NC(=O)OCC1c2ccccc2-c2ccccc21)C(=O)O. The molecule has 30 heavy (non-hydrogen) atoms. The molecule has 2 aromatic rings. The highest BCUT2D eigenvalue weighted by atomic mass is 16.5. The molecule has 1 aliphatic carbocycles. The minimum absolute atomic E-state index is 0.0522. The van der Waals surface area contributed by atoms with E-state index in [0.29, 0.717) is 19.4 Å². The molecular formula is C21H26N5O4+. The average Bonchev–Trinajstić information content (AvgIpc) is 3.06. The summed E-state index contributed by atoms with van der Waals surface area (Å²) in [6.45, 7) is 0.659. The maximum Gasteiger partial charge on any atom is 0.407 e. The summed E-state index contributed by atoms with van der Waals surface area (Å²) in [5.41, 5.74) is 20.9. The summed E-state index contributed by atoms with van der Waals surface area (Å²) in [5.74, 6) is -1.12. The molecule has 0 bridgehead atoms. The normalized spacial score (nSPS) is 12.4. The van der Waals surface area contributed by atoms with Gasteiger partial charge in [0, 0.05) is 5.92 Å². The Morgan fingerprint density at radius 1 is 1.07 bits per heavy atom. The fourth-order valence-electron chi connectivity index (χ4n) is 3.53. The molecule has 0 radical (unpaired) electrons. The minimum atomic E-state index is -1.07. The van der Waals surface area contributed by atoms with E-state index in [1.54, 1.807) is 0 Å². The summed E-state index contributed by atoms with van der Waals surface area (Å²) in [5, 5.41) is 11.7. The fourth-order valence-corrected chi connectivity index (χ4v) is 3.53. The van der Waals surface area contributed by atoms with Gasteiger partial charge in [-0.05, 0) is 48.1 Å². The smallest absolute Gasteiger partial charge is 0.407 e. The minimum Gasteiger partial charge on any atom is -0.480 e. The van der Waals surface area contributed by atoms with E-state index in [4.69, 9.17) is 21.5 Å². The first kappa shape index (κ1) is 22.7. The van der Waals surface area contributed by atoms with Crippen molar-refractivity contribution in [3.8, 4) is 11.1 Å². The first-order valence-electron chi connectivity index (χ1n) is 9.61. The Kier molecular flexibility index (Phi) is 8.68. The number of aliphatic carboxylic acids is 1. The number of hydrogen-bond donors (Lipinski definition) is 5. The molecule has 0 saturated carbocycles. The number of alkyl carbamates (subject to hydrolysis) is 1. The van der Waals surface area contributed by atoms with Crippen LogP contribution in [0, 0.1) is 11.1 Å². The van der Waals surface area contributed by atoms with Crippen LogP contribution in [0.4, 0.5) is 4.79 Å². The Labute approximate surface area is 174 Å². The molecule has 0 aromatic heterocycles. The van der Waals surface area contributed by atoms with Crippen LogP contribution in [0.1, 0.15) is 36.3 Å². The predicted molar refractivity (Wildman–Crippen MR) is 110 cm³/mol. The van der Waals surface area contributed by atoms with Gasteiger partial charge in [0.25, 0.3) is 0 Å². The molecule has 1 amide bonds. The first-order chi connectivity index (χ1) is 14.5. The lowest BCUT2D eigenvalue weighted by atomic mass is 9.98. The van der Waals surface area contributed by atoms with Gasteiger partial charge in [0.05, 0.1) is 0 Å². The van der Waals surface area contributed by atoms with Crippen molar-refractivity contribution < 1.29 is 19.4 Å². The molecule has 0 fully saturated rings. The monoisotopic (exact) mass is 412 g/mol. The highest BCUT2D eigenvalue weighted by Gasteiger charge is 2.29. The summed E-state index contributed by atoms with van der Waals surface area (Å²) in [6, 6.07) is 15.1. The van der Waals surface area contributed by atoms with Gasteiger partial charge in [-0.3, -0.25) is 0 Å². The van der Waals surface area contributed by atoms with Gasteiger partial charge in [0.2, 0.25) is 4.91 Å². The van der Waals surface area contributed by atoms with Crippen molar-refractivity contribution in [3.05, 3.63) is 59.7 Å². The number of benzene rings is 2. The van der Waals surface area contributed by atoms with Crippen LogP contribution in [0.3, 0.4) is 0 Å². The first-order valence-corrected chi connectivity index (χ1v) is 9.61. The summed E-state index contributed by atoms with van der Waals surface area (Å²) < 4.78 is 5.39. The Hall–Kier alpha value is -3.55. The van der Waals surface area contributed by atoms with E-state index in [0.717, 1.165) is 28.7 Å². The Balaban J connectivity index is 0.00000101. The van der Waals surface area contributed by atoms with E-state index in [1.807, 2.05) is 41.3 Å². The molecule has 9 heteroatoms. The average molecular weight is 412 g/mol. The number of nitrogens with one attached hydrogen (secondary N) is 3. The van der Waals surface area contributed by atoms with Gasteiger partial charge in [-0.2, -0.15) is 0 Å². The van der Waals surface area contributed by atoms with Crippen molar-refractivity contribution in [2.75, 3.05) is 13.2 Å². The third-order valence-corrected chi connectivity index (χ3v) is 4.88. The fraction of sp³-hybridized carbons (Fsp3) is 0.333. The second-order valence-corrected chi connectivity index (χ2v) is 6.76. The molecule has 158 valence electrons. The Morgan fingerprint density at radius 2 is 1.60 bits per heavy atom. The number of carboxylic acid groups (broad SMARTS) is 1. The van der Waals surface area contributed by atoms with Crippen molar-refractivity contribution in [2.45, 2.75) is 31.2 Å². The standard InChI is InChI=1S/C21H24N2O4.H2N3/c22-12-6-5-11-19(20(24)25)23-21(26)27-13-18-16-9-3-1-7-14(16)15-8-2-4-10-17(15)18;1-3-2/h1-4,7-10,18-19H,5-6,11-13,22H2,(H,23,26)(H,24,25);1-2H/q;+1. The molecule has 0 heterocycles. The van der Waals surface area contributed by atoms with E-state index >= 15 is 0 Å². The molecule has 0 saturated heterocycles. The third-order valence-electron chi connectivity index (χ3n) is 4.88. The number of unbranched alkanes of at least 4 members (excludes halogenated alkanes) is 1. The van der Waals surface area contributed by atoms with Crippen molar-refractivity contribution >= 4 is 12.1 Å². The maximum absolute atomic E-state index is 12.1. The van der Waals surface area contributed by atoms with Crippen LogP contribution in [0.15, 0.2) is 48.5 Å². The number of hydrogen-bond acceptors (Lipinski definition) is 6. The zero-order valence-corrected chi connectivity index (χ0v) is 16.5. The van der Waals surface area contributed by atoms with Crippen molar-refractivity contribution in [2.24, 2.45) is 5.73 Å². The van der Waals surface area contributed by atoms with Crippen LogP contribution in [0.2, 0.25) is 0 Å². The summed E-state index contributed by atoms with van der Waals surface area (Å²) in [7, 11) is 0. The van der Waals surface area contributed by atoms with Gasteiger partial charge in [0.15, 0.2) is 0 Å². The molecular weight excluding hydrogens is 386 g/mol. The van der Waals surface area contributed by atoms with Crippen molar-refractivity contribution in [3.63, 3.8) is 0 Å². The summed E-state index contributed by atoms with van der Waals surface area (Å²) in [4.78, 5) is 25.5. The van der Waals surface area contributed by atoms with E-state index in [9.17, 15) is 14.7 Å². The molecule has 9 nitrogen and oxygen atoms in total. The second kappa shape index (κ2) is 11.5. The molecule has 3 rings (SSSR count).